The van der Waals surface area contributed by atoms with Crippen molar-refractivity contribution in [1.82, 2.24) is 0 Å². The summed E-state index contributed by atoms with van der Waals surface area (Å²) in [5, 5.41) is 0. The van der Waals surface area contributed by atoms with Crippen LogP contribution in [0.3, 0.4) is 0 Å². The lowest BCUT2D eigenvalue weighted by molar-refractivity contribution is -0.198. The Balaban J connectivity index is 1.48. The molecule has 0 radical (unpaired) electrons. The zero-order valence-electron chi connectivity index (χ0n) is 12.2. The first-order valence-electron chi connectivity index (χ1n) is 8.25. The molecule has 2 atom stereocenters. The molecule has 1 spiro atoms. The van der Waals surface area contributed by atoms with Crippen molar-refractivity contribution >= 4 is 0 Å². The fraction of sp³-hybridized carbons (Fsp3) is 1.00. The second-order valence-electron chi connectivity index (χ2n) is 6.43. The second-order valence-corrected chi connectivity index (χ2v) is 6.43. The highest BCUT2D eigenvalue weighted by molar-refractivity contribution is 4.84. The van der Waals surface area contributed by atoms with Crippen molar-refractivity contribution in [3.05, 3.63) is 0 Å². The van der Waals surface area contributed by atoms with Crippen LogP contribution >= 0.6 is 0 Å². The van der Waals surface area contributed by atoms with Crippen LogP contribution in [0.2, 0.25) is 0 Å². The molecule has 2 unspecified atom stereocenters. The highest BCUT2D eigenvalue weighted by Gasteiger charge is 2.41. The largest absolute Gasteiger partial charge is 0.375 e. The molecule has 19 heavy (non-hydrogen) atoms. The van der Waals surface area contributed by atoms with Crippen molar-refractivity contribution in [1.29, 1.82) is 0 Å². The van der Waals surface area contributed by atoms with E-state index in [1.807, 2.05) is 0 Å². The molecule has 3 nitrogen and oxygen atoms in total. The van der Waals surface area contributed by atoms with Gasteiger partial charge in [-0.25, -0.2) is 0 Å². The van der Waals surface area contributed by atoms with E-state index in [1.54, 1.807) is 0 Å². The van der Waals surface area contributed by atoms with Gasteiger partial charge in [0.15, 0.2) is 5.79 Å². The van der Waals surface area contributed by atoms with Gasteiger partial charge < -0.3 is 14.2 Å². The van der Waals surface area contributed by atoms with Gasteiger partial charge >= 0.3 is 0 Å². The average Bonchev–Trinajstić information content (AvgIpc) is 2.91. The minimum Gasteiger partial charge on any atom is -0.375 e. The topological polar surface area (TPSA) is 27.7 Å². The molecule has 0 aromatic rings. The van der Waals surface area contributed by atoms with Crippen LogP contribution in [-0.2, 0) is 14.2 Å². The third-order valence-electron chi connectivity index (χ3n) is 5.24. The Hall–Kier alpha value is -0.120. The molecule has 3 aliphatic rings. The van der Waals surface area contributed by atoms with E-state index in [4.69, 9.17) is 14.2 Å². The third kappa shape index (κ3) is 3.14. The van der Waals surface area contributed by atoms with Crippen LogP contribution in [0.15, 0.2) is 0 Å². The van der Waals surface area contributed by atoms with Crippen LogP contribution in [0.1, 0.15) is 64.7 Å². The number of hydrogen-bond acceptors (Lipinski definition) is 3. The Labute approximate surface area is 117 Å². The first-order chi connectivity index (χ1) is 9.31. The van der Waals surface area contributed by atoms with Crippen LogP contribution in [0.5, 0.6) is 0 Å². The predicted molar refractivity (Wildman–Crippen MR) is 74.0 cm³/mol. The molecule has 1 heterocycles. The van der Waals surface area contributed by atoms with E-state index in [1.165, 1.54) is 32.1 Å². The Morgan fingerprint density at radius 1 is 1.00 bits per heavy atom. The van der Waals surface area contributed by atoms with Gasteiger partial charge in [-0.3, -0.25) is 0 Å². The molecule has 3 fully saturated rings. The maximum absolute atomic E-state index is 6.43. The summed E-state index contributed by atoms with van der Waals surface area (Å²) in [6.45, 7) is 3.85. The molecular formula is C16H28O3. The van der Waals surface area contributed by atoms with Crippen molar-refractivity contribution in [2.45, 2.75) is 82.7 Å². The lowest BCUT2D eigenvalue weighted by atomic mass is 9.84. The van der Waals surface area contributed by atoms with Crippen LogP contribution < -0.4 is 0 Å². The standard InChI is InChI=1S/C16H28O3/c1-2-13-5-3-4-6-15(13)19-14-7-9-16(10-8-14)17-11-12-18-16/h13-15H,2-12H2,1H3. The van der Waals surface area contributed by atoms with Crippen molar-refractivity contribution in [3.8, 4) is 0 Å². The van der Waals surface area contributed by atoms with Gasteiger partial charge in [-0.2, -0.15) is 0 Å². The molecule has 1 saturated heterocycles. The first kappa shape index (κ1) is 13.8. The van der Waals surface area contributed by atoms with Gasteiger partial charge in [0.25, 0.3) is 0 Å². The number of rotatable bonds is 3. The molecule has 0 amide bonds. The zero-order valence-corrected chi connectivity index (χ0v) is 12.2. The fourth-order valence-electron chi connectivity index (χ4n) is 4.02. The Kier molecular flexibility index (Phi) is 4.45. The quantitative estimate of drug-likeness (QED) is 0.782. The third-order valence-corrected chi connectivity index (χ3v) is 5.24. The highest BCUT2D eigenvalue weighted by atomic mass is 16.7. The lowest BCUT2D eigenvalue weighted by Crippen LogP contribution is -2.40. The maximum Gasteiger partial charge on any atom is 0.168 e. The predicted octanol–water partition coefficient (Wildman–Crippen LogP) is 3.66. The molecular weight excluding hydrogens is 240 g/mol. The molecule has 0 aromatic carbocycles. The summed E-state index contributed by atoms with van der Waals surface area (Å²) in [4.78, 5) is 0. The van der Waals surface area contributed by atoms with E-state index in [2.05, 4.69) is 6.92 Å². The second kappa shape index (κ2) is 6.11. The average molecular weight is 268 g/mol. The molecule has 0 N–H and O–H groups in total. The lowest BCUT2D eigenvalue weighted by Gasteiger charge is -2.39. The Bertz CT molecular complexity index is 276. The molecule has 0 bridgehead atoms. The SMILES string of the molecule is CCC1CCCCC1OC1CCC2(CC1)OCCO2. The molecule has 2 saturated carbocycles. The summed E-state index contributed by atoms with van der Waals surface area (Å²) in [5.41, 5.74) is 0. The summed E-state index contributed by atoms with van der Waals surface area (Å²) < 4.78 is 18.0. The van der Waals surface area contributed by atoms with Crippen molar-refractivity contribution < 1.29 is 14.2 Å². The molecule has 3 heteroatoms. The summed E-state index contributed by atoms with van der Waals surface area (Å²) >= 11 is 0. The highest BCUT2D eigenvalue weighted by Crippen LogP contribution is 2.38. The Morgan fingerprint density at radius 2 is 1.68 bits per heavy atom. The summed E-state index contributed by atoms with van der Waals surface area (Å²) in [5.74, 6) is 0.556. The van der Waals surface area contributed by atoms with Gasteiger partial charge in [-0.1, -0.05) is 26.2 Å². The van der Waals surface area contributed by atoms with E-state index < -0.39 is 0 Å². The van der Waals surface area contributed by atoms with Gasteiger partial charge in [-0.15, -0.1) is 0 Å². The van der Waals surface area contributed by atoms with Crippen LogP contribution in [0.25, 0.3) is 0 Å². The van der Waals surface area contributed by atoms with E-state index in [0.717, 1.165) is 44.8 Å². The van der Waals surface area contributed by atoms with Gasteiger partial charge in [0, 0.05) is 12.8 Å². The smallest absolute Gasteiger partial charge is 0.168 e. The molecule has 1 aliphatic heterocycles. The monoisotopic (exact) mass is 268 g/mol. The van der Waals surface area contributed by atoms with E-state index in [9.17, 15) is 0 Å². The minimum atomic E-state index is -0.240. The Morgan fingerprint density at radius 3 is 2.37 bits per heavy atom. The number of ether oxygens (including phenoxy) is 3. The van der Waals surface area contributed by atoms with Gasteiger partial charge in [0.2, 0.25) is 0 Å². The molecule has 110 valence electrons. The molecule has 2 aliphatic carbocycles. The zero-order chi connectivity index (χ0) is 13.1. The van der Waals surface area contributed by atoms with E-state index in [0.29, 0.717) is 12.2 Å². The van der Waals surface area contributed by atoms with Gasteiger partial charge in [0.05, 0.1) is 25.4 Å². The summed E-state index contributed by atoms with van der Waals surface area (Å²) in [6, 6.07) is 0. The van der Waals surface area contributed by atoms with E-state index >= 15 is 0 Å². The summed E-state index contributed by atoms with van der Waals surface area (Å²) in [6.07, 6.45) is 11.9. The molecule has 3 rings (SSSR count). The van der Waals surface area contributed by atoms with Crippen molar-refractivity contribution in [3.63, 3.8) is 0 Å². The number of hydrogen-bond donors (Lipinski definition) is 0. The van der Waals surface area contributed by atoms with Gasteiger partial charge in [0.1, 0.15) is 0 Å². The van der Waals surface area contributed by atoms with Crippen LogP contribution in [-0.4, -0.2) is 31.2 Å². The summed E-state index contributed by atoms with van der Waals surface area (Å²) in [7, 11) is 0. The van der Waals surface area contributed by atoms with Crippen molar-refractivity contribution in [2.24, 2.45) is 5.92 Å². The van der Waals surface area contributed by atoms with Crippen LogP contribution in [0, 0.1) is 5.92 Å². The maximum atomic E-state index is 6.43. The first-order valence-corrected chi connectivity index (χ1v) is 8.25. The van der Waals surface area contributed by atoms with Gasteiger partial charge in [-0.05, 0) is 31.6 Å². The van der Waals surface area contributed by atoms with Crippen LogP contribution in [0.4, 0.5) is 0 Å². The minimum absolute atomic E-state index is 0.240. The molecule has 0 aromatic heterocycles. The van der Waals surface area contributed by atoms with E-state index in [-0.39, 0.29) is 5.79 Å². The normalized spacial score (nSPS) is 35.8. The fourth-order valence-corrected chi connectivity index (χ4v) is 4.02. The van der Waals surface area contributed by atoms with Crippen molar-refractivity contribution in [2.75, 3.05) is 13.2 Å².